The maximum Gasteiger partial charge on any atom is 0.264 e. The molecule has 0 saturated carbocycles. The van der Waals surface area contributed by atoms with Crippen molar-refractivity contribution < 1.29 is 4.79 Å². The first-order valence-corrected chi connectivity index (χ1v) is 8.27. The Morgan fingerprint density at radius 1 is 1.14 bits per heavy atom. The molecule has 1 aromatic heterocycles. The zero-order chi connectivity index (χ0) is 15.7. The smallest absolute Gasteiger partial charge is 0.264 e. The van der Waals surface area contributed by atoms with E-state index in [1.165, 1.54) is 11.3 Å². The number of amides is 1. The number of halogens is 1. The van der Waals surface area contributed by atoms with Crippen LogP contribution in [0.3, 0.4) is 0 Å². The van der Waals surface area contributed by atoms with Gasteiger partial charge in [-0.3, -0.25) is 4.79 Å². The van der Waals surface area contributed by atoms with Gasteiger partial charge < -0.3 is 4.90 Å². The van der Waals surface area contributed by atoms with Crippen LogP contribution in [0.2, 0.25) is 5.02 Å². The summed E-state index contributed by atoms with van der Waals surface area (Å²) in [5, 5.41) is 1.80. The molecule has 3 rings (SSSR count). The molecule has 0 aliphatic rings. The fourth-order valence-corrected chi connectivity index (χ4v) is 3.67. The predicted molar refractivity (Wildman–Crippen MR) is 93.8 cm³/mol. The summed E-state index contributed by atoms with van der Waals surface area (Å²) in [7, 11) is 1.83. The molecule has 4 heteroatoms. The molecule has 0 N–H and O–H groups in total. The number of benzene rings is 2. The largest absolute Gasteiger partial charge is 0.334 e. The number of hydrogen-bond acceptors (Lipinski definition) is 2. The second kappa shape index (κ2) is 6.11. The predicted octanol–water partition coefficient (Wildman–Crippen LogP) is 5.39. The SMILES string of the molecule is CC(c1cccc(Cl)c1)N(C)C(=O)c1cc2ccccc2s1. The van der Waals surface area contributed by atoms with Gasteiger partial charge in [-0.25, -0.2) is 0 Å². The van der Waals surface area contributed by atoms with Crippen molar-refractivity contribution in [1.82, 2.24) is 4.90 Å². The molecule has 1 heterocycles. The number of nitrogens with zero attached hydrogens (tertiary/aromatic N) is 1. The van der Waals surface area contributed by atoms with Crippen molar-refractivity contribution in [1.29, 1.82) is 0 Å². The number of hydrogen-bond donors (Lipinski definition) is 0. The first kappa shape index (κ1) is 15.1. The number of thiophene rings is 1. The van der Waals surface area contributed by atoms with E-state index in [4.69, 9.17) is 11.6 Å². The van der Waals surface area contributed by atoms with Crippen LogP contribution in [-0.2, 0) is 0 Å². The molecular formula is C18H16ClNOS. The van der Waals surface area contributed by atoms with Gasteiger partial charge in [0.2, 0.25) is 0 Å². The molecule has 1 unspecified atom stereocenters. The van der Waals surface area contributed by atoms with Gasteiger partial charge in [0.05, 0.1) is 10.9 Å². The molecule has 2 nitrogen and oxygen atoms in total. The first-order chi connectivity index (χ1) is 10.6. The third-order valence-electron chi connectivity index (χ3n) is 3.87. The summed E-state index contributed by atoms with van der Waals surface area (Å²) < 4.78 is 1.13. The summed E-state index contributed by atoms with van der Waals surface area (Å²) in [6.07, 6.45) is 0. The molecule has 0 radical (unpaired) electrons. The van der Waals surface area contributed by atoms with E-state index in [0.717, 1.165) is 20.5 Å². The molecule has 0 spiro atoms. The molecule has 0 aliphatic carbocycles. The Bertz CT molecular complexity index is 794. The van der Waals surface area contributed by atoms with Crippen LogP contribution in [-0.4, -0.2) is 17.9 Å². The number of carbonyl (C=O) groups is 1. The molecule has 2 aromatic carbocycles. The summed E-state index contributed by atoms with van der Waals surface area (Å²) >= 11 is 7.57. The van der Waals surface area contributed by atoms with Crippen molar-refractivity contribution in [2.45, 2.75) is 13.0 Å². The summed E-state index contributed by atoms with van der Waals surface area (Å²) in [4.78, 5) is 15.2. The minimum atomic E-state index is -0.0311. The normalized spacial score (nSPS) is 12.3. The van der Waals surface area contributed by atoms with Crippen molar-refractivity contribution in [3.63, 3.8) is 0 Å². The van der Waals surface area contributed by atoms with Gasteiger partial charge in [-0.05, 0) is 42.1 Å². The minimum absolute atomic E-state index is 0.0311. The van der Waals surface area contributed by atoms with Crippen LogP contribution >= 0.6 is 22.9 Å². The highest BCUT2D eigenvalue weighted by Crippen LogP contribution is 2.29. The maximum atomic E-state index is 12.7. The van der Waals surface area contributed by atoms with E-state index in [2.05, 4.69) is 0 Å². The lowest BCUT2D eigenvalue weighted by molar-refractivity contribution is 0.0747. The summed E-state index contributed by atoms with van der Waals surface area (Å²) in [5.74, 6) is 0.0358. The van der Waals surface area contributed by atoms with Crippen LogP contribution < -0.4 is 0 Å². The molecule has 0 saturated heterocycles. The Hall–Kier alpha value is -1.84. The number of carbonyl (C=O) groups excluding carboxylic acids is 1. The van der Waals surface area contributed by atoms with Crippen molar-refractivity contribution >= 4 is 38.9 Å². The van der Waals surface area contributed by atoms with E-state index >= 15 is 0 Å². The Kier molecular flexibility index (Phi) is 4.19. The molecule has 0 aliphatic heterocycles. The van der Waals surface area contributed by atoms with E-state index in [1.54, 1.807) is 4.90 Å². The average Bonchev–Trinajstić information content (AvgIpc) is 2.96. The fourth-order valence-electron chi connectivity index (χ4n) is 2.43. The monoisotopic (exact) mass is 329 g/mol. The average molecular weight is 330 g/mol. The van der Waals surface area contributed by atoms with Crippen molar-refractivity contribution in [3.05, 3.63) is 70.1 Å². The first-order valence-electron chi connectivity index (χ1n) is 7.07. The van der Waals surface area contributed by atoms with Crippen LogP contribution in [0.25, 0.3) is 10.1 Å². The summed E-state index contributed by atoms with van der Waals surface area (Å²) in [6, 6.07) is 17.6. The second-order valence-corrected chi connectivity index (χ2v) is 6.82. The van der Waals surface area contributed by atoms with Crippen LogP contribution in [0, 0.1) is 0 Å². The lowest BCUT2D eigenvalue weighted by Gasteiger charge is -2.25. The highest BCUT2D eigenvalue weighted by molar-refractivity contribution is 7.20. The molecule has 1 amide bonds. The van der Waals surface area contributed by atoms with Crippen molar-refractivity contribution in [3.8, 4) is 0 Å². The zero-order valence-corrected chi connectivity index (χ0v) is 14.0. The van der Waals surface area contributed by atoms with Gasteiger partial charge in [-0.1, -0.05) is 41.9 Å². The van der Waals surface area contributed by atoms with E-state index in [0.29, 0.717) is 5.02 Å². The lowest BCUT2D eigenvalue weighted by Crippen LogP contribution is -2.29. The number of rotatable bonds is 3. The molecule has 1 atom stereocenters. The third kappa shape index (κ3) is 2.87. The van der Waals surface area contributed by atoms with Crippen molar-refractivity contribution in [2.75, 3.05) is 7.05 Å². The molecule has 112 valence electrons. The fraction of sp³-hybridized carbons (Fsp3) is 0.167. The highest BCUT2D eigenvalue weighted by atomic mass is 35.5. The Morgan fingerprint density at radius 2 is 1.91 bits per heavy atom. The Labute approximate surface area is 138 Å². The zero-order valence-electron chi connectivity index (χ0n) is 12.4. The molecular weight excluding hydrogens is 314 g/mol. The van der Waals surface area contributed by atoms with Gasteiger partial charge in [-0.2, -0.15) is 0 Å². The minimum Gasteiger partial charge on any atom is -0.334 e. The van der Waals surface area contributed by atoms with Crippen LogP contribution in [0.1, 0.15) is 28.2 Å². The third-order valence-corrected chi connectivity index (χ3v) is 5.21. The van der Waals surface area contributed by atoms with Gasteiger partial charge in [0, 0.05) is 16.8 Å². The standard InChI is InChI=1S/C18H16ClNOS/c1-12(13-7-5-8-15(19)10-13)20(2)18(21)17-11-14-6-3-4-9-16(14)22-17/h3-12H,1-2H3. The molecule has 0 bridgehead atoms. The molecule has 3 aromatic rings. The molecule has 0 fully saturated rings. The molecule has 22 heavy (non-hydrogen) atoms. The van der Waals surface area contributed by atoms with Gasteiger partial charge >= 0.3 is 0 Å². The van der Waals surface area contributed by atoms with Gasteiger partial charge in [0.1, 0.15) is 0 Å². The van der Waals surface area contributed by atoms with E-state index in [1.807, 2.05) is 68.6 Å². The van der Waals surface area contributed by atoms with Gasteiger partial charge in [0.15, 0.2) is 0 Å². The summed E-state index contributed by atoms with van der Waals surface area (Å²) in [5.41, 5.74) is 1.03. The van der Waals surface area contributed by atoms with E-state index < -0.39 is 0 Å². The van der Waals surface area contributed by atoms with Gasteiger partial charge in [-0.15, -0.1) is 11.3 Å². The quantitative estimate of drug-likeness (QED) is 0.631. The lowest BCUT2D eigenvalue weighted by atomic mass is 10.1. The van der Waals surface area contributed by atoms with E-state index in [9.17, 15) is 4.79 Å². The Balaban J connectivity index is 1.87. The van der Waals surface area contributed by atoms with Gasteiger partial charge in [0.25, 0.3) is 5.91 Å². The Morgan fingerprint density at radius 3 is 2.64 bits per heavy atom. The maximum absolute atomic E-state index is 12.7. The highest BCUT2D eigenvalue weighted by Gasteiger charge is 2.20. The van der Waals surface area contributed by atoms with Crippen LogP contribution in [0.4, 0.5) is 0 Å². The van der Waals surface area contributed by atoms with Crippen molar-refractivity contribution in [2.24, 2.45) is 0 Å². The number of fused-ring (bicyclic) bond motifs is 1. The topological polar surface area (TPSA) is 20.3 Å². The summed E-state index contributed by atoms with van der Waals surface area (Å²) in [6.45, 7) is 2.01. The second-order valence-electron chi connectivity index (χ2n) is 5.30. The van der Waals surface area contributed by atoms with Crippen LogP contribution in [0.15, 0.2) is 54.6 Å². The van der Waals surface area contributed by atoms with Crippen LogP contribution in [0.5, 0.6) is 0 Å². The van der Waals surface area contributed by atoms with E-state index in [-0.39, 0.29) is 11.9 Å².